The number of hydrogen-bond donors (Lipinski definition) is 8. The van der Waals surface area contributed by atoms with Crippen molar-refractivity contribution in [1.29, 1.82) is 0 Å². The Hall–Kier alpha value is -0.110. The number of aliphatic carboxylic acids is 1. The van der Waals surface area contributed by atoms with Crippen LogP contribution in [0.5, 0.6) is 0 Å². The molecule has 0 amide bonds. The van der Waals surface area contributed by atoms with Crippen LogP contribution in [0.2, 0.25) is 0 Å². The molecular formula is C33H55AgN8O2. The third-order valence-corrected chi connectivity index (χ3v) is 14.2. The molecule has 5 aliphatic heterocycles. The summed E-state index contributed by atoms with van der Waals surface area (Å²) in [5, 5.41) is 45.3. The zero-order valence-electron chi connectivity index (χ0n) is 26.0. The van der Waals surface area contributed by atoms with Gasteiger partial charge in [0.15, 0.2) is 0 Å². The molecule has 11 heteroatoms. The molecule has 0 aromatic heterocycles. The number of nitrogens with one attached hydrogen (secondary N) is 8. The maximum absolute atomic E-state index is 12.5. The van der Waals surface area contributed by atoms with E-state index in [9.17, 15) is 9.90 Å². The number of carboxylic acid groups (broad SMARTS) is 1. The standard InChI is InChI=1S/C33H56N8O2.Ag/c42-33(43)23-15-7-14-22-24(23)32-40-30-21-13-6-5-12-20(21)28(38-30)36-26-17-9-2-1-8-16(17)25(34-26)35-27-18-10-3-4-11-19(18)29(37-27)39-31(22)41-32;/h16-32,34-41H,1-15H2,(H,42,43);/q;+1/p-1. The van der Waals surface area contributed by atoms with E-state index in [1.165, 1.54) is 77.0 Å². The van der Waals surface area contributed by atoms with E-state index >= 15 is 0 Å². The van der Waals surface area contributed by atoms with Gasteiger partial charge >= 0.3 is 22.4 Å². The van der Waals surface area contributed by atoms with E-state index in [0.29, 0.717) is 59.9 Å². The van der Waals surface area contributed by atoms with E-state index in [-0.39, 0.29) is 59.1 Å². The summed E-state index contributed by atoms with van der Waals surface area (Å²) in [5.41, 5.74) is 0. The molecule has 17 unspecified atom stereocenters. The van der Waals surface area contributed by atoms with Crippen molar-refractivity contribution < 1.29 is 32.3 Å². The number of carboxylic acids is 1. The quantitative estimate of drug-likeness (QED) is 0.184. The molecule has 9 fully saturated rings. The molecule has 8 bridgehead atoms. The number of carbonyl (C=O) groups excluding carboxylic acids is 1. The molecule has 9 aliphatic rings. The Balaban J connectivity index is 0.00000289. The summed E-state index contributed by atoms with van der Waals surface area (Å²) in [7, 11) is 0. The second kappa shape index (κ2) is 12.7. The predicted molar refractivity (Wildman–Crippen MR) is 161 cm³/mol. The summed E-state index contributed by atoms with van der Waals surface area (Å²) in [6.07, 6.45) is 20.1. The van der Waals surface area contributed by atoms with Gasteiger partial charge < -0.3 is 9.90 Å². The predicted octanol–water partition coefficient (Wildman–Crippen LogP) is 0.579. The third kappa shape index (κ3) is 5.31. The van der Waals surface area contributed by atoms with Gasteiger partial charge in [-0.1, -0.05) is 44.9 Å². The molecule has 0 spiro atoms. The average molecular weight is 704 g/mol. The number of hydrogen-bond acceptors (Lipinski definition) is 10. The van der Waals surface area contributed by atoms with Gasteiger partial charge in [0, 0.05) is 17.8 Å². The molecule has 10 nitrogen and oxygen atoms in total. The van der Waals surface area contributed by atoms with Crippen LogP contribution < -0.4 is 47.6 Å². The summed E-state index contributed by atoms with van der Waals surface area (Å²) in [5.74, 6) is 2.83. The first kappa shape index (κ1) is 31.2. The fourth-order valence-corrected chi connectivity index (χ4v) is 12.3. The zero-order valence-corrected chi connectivity index (χ0v) is 27.5. The molecule has 17 atom stereocenters. The molecule has 4 aliphatic carbocycles. The molecule has 0 aromatic carbocycles. The van der Waals surface area contributed by atoms with Crippen LogP contribution >= 0.6 is 0 Å². The molecular weight excluding hydrogens is 648 g/mol. The molecule has 5 heterocycles. The van der Waals surface area contributed by atoms with Crippen LogP contribution in [0.1, 0.15) is 96.3 Å². The van der Waals surface area contributed by atoms with Crippen molar-refractivity contribution >= 4 is 5.97 Å². The molecule has 0 aromatic rings. The fraction of sp³-hybridized carbons (Fsp3) is 0.970. The van der Waals surface area contributed by atoms with Gasteiger partial charge in [-0.15, -0.1) is 0 Å². The van der Waals surface area contributed by atoms with Crippen LogP contribution in [0, 0.1) is 53.3 Å². The molecule has 8 N–H and O–H groups in total. The van der Waals surface area contributed by atoms with E-state index in [0.717, 1.165) is 19.3 Å². The number of rotatable bonds is 1. The van der Waals surface area contributed by atoms with Gasteiger partial charge in [0.05, 0.1) is 49.3 Å². The maximum Gasteiger partial charge on any atom is 1.00 e. The summed E-state index contributed by atoms with van der Waals surface area (Å²) >= 11 is 0. The normalized spacial score (nSPS) is 54.8. The smallest absolute Gasteiger partial charge is 0.550 e. The third-order valence-electron chi connectivity index (χ3n) is 14.2. The first-order chi connectivity index (χ1) is 21.1. The van der Waals surface area contributed by atoms with Crippen LogP contribution in [0.25, 0.3) is 0 Å². The van der Waals surface area contributed by atoms with Crippen LogP contribution in [0.3, 0.4) is 0 Å². The number of carbonyl (C=O) groups is 1. The Kier molecular flexibility index (Phi) is 9.02. The SMILES string of the molecule is O=C([O-])C1CCCC2C3NC4NC(NC5NC(NC6NC(NC(N3)C12)C1CCCCC61)C1CCCCC51)C1CCCCC41.[Ag+]. The molecule has 9 rings (SSSR count). The van der Waals surface area contributed by atoms with Crippen molar-refractivity contribution in [1.82, 2.24) is 42.5 Å². The van der Waals surface area contributed by atoms with Crippen LogP contribution in [-0.2, 0) is 27.2 Å². The molecule has 0 radical (unpaired) electrons. The van der Waals surface area contributed by atoms with Crippen LogP contribution in [0.4, 0.5) is 0 Å². The van der Waals surface area contributed by atoms with E-state index in [1.54, 1.807) is 0 Å². The minimum absolute atomic E-state index is 0. The Bertz CT molecular complexity index is 1050. The first-order valence-electron chi connectivity index (χ1n) is 18.4. The van der Waals surface area contributed by atoms with Gasteiger partial charge in [0.25, 0.3) is 0 Å². The Morgan fingerprint density at radius 1 is 0.386 bits per heavy atom. The minimum Gasteiger partial charge on any atom is -0.550 e. The Labute approximate surface area is 278 Å². The second-order valence-corrected chi connectivity index (χ2v) is 16.1. The van der Waals surface area contributed by atoms with Gasteiger partial charge in [-0.3, -0.25) is 42.5 Å². The van der Waals surface area contributed by atoms with Gasteiger partial charge in [0.1, 0.15) is 0 Å². The van der Waals surface area contributed by atoms with Crippen molar-refractivity contribution in [2.24, 2.45) is 53.3 Å². The topological polar surface area (TPSA) is 136 Å². The maximum atomic E-state index is 12.5. The summed E-state index contributed by atoms with van der Waals surface area (Å²) in [6.45, 7) is 0. The monoisotopic (exact) mass is 702 g/mol. The largest absolute Gasteiger partial charge is 1.00 e. The van der Waals surface area contributed by atoms with E-state index in [4.69, 9.17) is 0 Å². The van der Waals surface area contributed by atoms with Gasteiger partial charge in [0.2, 0.25) is 0 Å². The minimum atomic E-state index is -0.857. The van der Waals surface area contributed by atoms with Gasteiger partial charge in [-0.2, -0.15) is 0 Å². The average Bonchev–Trinajstić information content (AvgIpc) is 3.76. The molecule has 5 saturated heterocycles. The fourth-order valence-electron chi connectivity index (χ4n) is 12.3. The van der Waals surface area contributed by atoms with Gasteiger partial charge in [-0.05, 0) is 92.8 Å². The van der Waals surface area contributed by atoms with Crippen molar-refractivity contribution in [3.05, 3.63) is 0 Å². The Morgan fingerprint density at radius 2 is 0.659 bits per heavy atom. The van der Waals surface area contributed by atoms with Crippen LogP contribution in [0.15, 0.2) is 0 Å². The van der Waals surface area contributed by atoms with E-state index in [2.05, 4.69) is 42.5 Å². The first-order valence-corrected chi connectivity index (χ1v) is 18.4. The number of fused-ring (bicyclic) bond motifs is 20. The van der Waals surface area contributed by atoms with Crippen molar-refractivity contribution in [3.8, 4) is 0 Å². The summed E-state index contributed by atoms with van der Waals surface area (Å²) in [4.78, 5) is 12.5. The molecule has 4 saturated carbocycles. The second-order valence-electron chi connectivity index (χ2n) is 16.1. The Morgan fingerprint density at radius 3 is 0.977 bits per heavy atom. The van der Waals surface area contributed by atoms with Crippen molar-refractivity contribution in [3.63, 3.8) is 0 Å². The van der Waals surface area contributed by atoms with E-state index in [1.807, 2.05) is 0 Å². The summed E-state index contributed by atoms with van der Waals surface area (Å²) < 4.78 is 0. The van der Waals surface area contributed by atoms with Gasteiger partial charge in [-0.25, -0.2) is 0 Å². The zero-order chi connectivity index (χ0) is 28.7. The van der Waals surface area contributed by atoms with Crippen molar-refractivity contribution in [2.75, 3.05) is 0 Å². The molecule has 44 heavy (non-hydrogen) atoms. The van der Waals surface area contributed by atoms with Crippen molar-refractivity contribution in [2.45, 2.75) is 146 Å². The van der Waals surface area contributed by atoms with Crippen LogP contribution in [-0.4, -0.2) is 55.3 Å². The molecule has 250 valence electrons. The van der Waals surface area contributed by atoms with E-state index < -0.39 is 11.9 Å². The summed E-state index contributed by atoms with van der Waals surface area (Å²) in [6, 6.07) is 0.